The predicted molar refractivity (Wildman–Crippen MR) is 91.7 cm³/mol. The Kier molecular flexibility index (Phi) is 6.52. The largest absolute Gasteiger partial charge is 0.301 e. The van der Waals surface area contributed by atoms with E-state index in [1.54, 1.807) is 0 Å². The third-order valence-corrected chi connectivity index (χ3v) is 8.15. The Bertz CT molecular complexity index is 557. The minimum Gasteiger partial charge on any atom is -0.301 e. The van der Waals surface area contributed by atoms with Gasteiger partial charge in [-0.3, -0.25) is 0 Å². The Labute approximate surface area is 144 Å². The molecule has 0 radical (unpaired) electrons. The molecule has 0 aliphatic carbocycles. The molecule has 2 rings (SSSR count). The third-order valence-electron chi connectivity index (χ3n) is 3.74. The van der Waals surface area contributed by atoms with Crippen LogP contribution in [0.25, 0.3) is 0 Å². The molecule has 0 saturated carbocycles. The van der Waals surface area contributed by atoms with Crippen molar-refractivity contribution in [3.8, 4) is 0 Å². The first-order valence-corrected chi connectivity index (χ1v) is 10.6. The number of nitrogens with zero attached hydrogens (tertiary/aromatic N) is 1. The highest BCUT2D eigenvalue weighted by molar-refractivity contribution is 9.11. The highest BCUT2D eigenvalue weighted by Gasteiger charge is 2.20. The summed E-state index contributed by atoms with van der Waals surface area (Å²) in [7, 11) is -3.44. The summed E-state index contributed by atoms with van der Waals surface area (Å²) >= 11 is 10.2. The zero-order valence-corrected chi connectivity index (χ0v) is 15.9. The molecule has 0 bridgehead atoms. The van der Waals surface area contributed by atoms with Gasteiger partial charge in [0.2, 0.25) is 10.0 Å². The highest BCUT2D eigenvalue weighted by atomic mass is 79.9. The Morgan fingerprint density at radius 2 is 2.29 bits per heavy atom. The number of hydrogen-bond donors (Lipinski definition) is 1. The van der Waals surface area contributed by atoms with Crippen LogP contribution in [0, 0.1) is 0 Å². The van der Waals surface area contributed by atoms with Gasteiger partial charge in [-0.2, -0.15) is 0 Å². The van der Waals surface area contributed by atoms with Crippen molar-refractivity contribution in [3.05, 3.63) is 14.9 Å². The normalized spacial score (nSPS) is 20.8. The van der Waals surface area contributed by atoms with Gasteiger partial charge in [0.1, 0.15) is 4.21 Å². The lowest BCUT2D eigenvalue weighted by molar-refractivity contribution is 0.159. The van der Waals surface area contributed by atoms with Gasteiger partial charge < -0.3 is 4.90 Å². The average Bonchev–Trinajstić information content (AvgIpc) is 2.77. The van der Waals surface area contributed by atoms with Gasteiger partial charge in [0, 0.05) is 12.6 Å². The van der Waals surface area contributed by atoms with E-state index in [4.69, 9.17) is 11.6 Å². The second-order valence-corrected chi connectivity index (χ2v) is 10.1. The van der Waals surface area contributed by atoms with Crippen LogP contribution in [0.3, 0.4) is 0 Å². The standard InChI is InChI=1S/C13H20BrClN2O2S2/c1-10-5-2-3-7-17(10)8-4-6-16-21(18,19)12-9-11(15)13(14)20-12/h9-10,16H,2-8H2,1H3. The van der Waals surface area contributed by atoms with Crippen LogP contribution in [-0.4, -0.2) is 39.0 Å². The molecule has 1 atom stereocenters. The van der Waals surface area contributed by atoms with E-state index in [1.807, 2.05) is 0 Å². The zero-order chi connectivity index (χ0) is 15.5. The fraction of sp³-hybridized carbons (Fsp3) is 0.692. The molecule has 21 heavy (non-hydrogen) atoms. The molecule has 4 nitrogen and oxygen atoms in total. The highest BCUT2D eigenvalue weighted by Crippen LogP contribution is 2.34. The van der Waals surface area contributed by atoms with E-state index >= 15 is 0 Å². The van der Waals surface area contributed by atoms with Crippen LogP contribution in [0.4, 0.5) is 0 Å². The minimum absolute atomic E-state index is 0.255. The molecule has 2 heterocycles. The SMILES string of the molecule is CC1CCCCN1CCCNS(=O)(=O)c1cc(Cl)c(Br)s1. The van der Waals surface area contributed by atoms with Crippen LogP contribution >= 0.6 is 38.9 Å². The van der Waals surface area contributed by atoms with E-state index in [0.717, 1.165) is 30.8 Å². The van der Waals surface area contributed by atoms with Crippen LogP contribution < -0.4 is 4.72 Å². The van der Waals surface area contributed by atoms with E-state index in [1.165, 1.54) is 25.3 Å². The smallest absolute Gasteiger partial charge is 0.250 e. The van der Waals surface area contributed by atoms with Crippen LogP contribution in [0.1, 0.15) is 32.6 Å². The molecule has 1 N–H and O–H groups in total. The fourth-order valence-corrected chi connectivity index (χ4v) is 6.03. The summed E-state index contributed by atoms with van der Waals surface area (Å²) in [5, 5.41) is 0.433. The molecule has 0 aromatic carbocycles. The van der Waals surface area contributed by atoms with E-state index in [9.17, 15) is 8.42 Å². The fourth-order valence-electron chi connectivity index (χ4n) is 2.51. The van der Waals surface area contributed by atoms with Crippen molar-refractivity contribution in [2.45, 2.75) is 42.9 Å². The molecule has 1 aromatic heterocycles. The molecule has 1 aromatic rings. The summed E-state index contributed by atoms with van der Waals surface area (Å²) in [5.74, 6) is 0. The van der Waals surface area contributed by atoms with Gasteiger partial charge in [-0.15, -0.1) is 11.3 Å². The van der Waals surface area contributed by atoms with E-state index < -0.39 is 10.0 Å². The van der Waals surface area contributed by atoms with Gasteiger partial charge in [-0.05, 0) is 61.3 Å². The van der Waals surface area contributed by atoms with Gasteiger partial charge in [-0.1, -0.05) is 18.0 Å². The molecule has 8 heteroatoms. The molecular formula is C13H20BrClN2O2S2. The van der Waals surface area contributed by atoms with Gasteiger partial charge in [0.15, 0.2) is 0 Å². The van der Waals surface area contributed by atoms with Crippen molar-refractivity contribution in [2.24, 2.45) is 0 Å². The topological polar surface area (TPSA) is 49.4 Å². The molecule has 120 valence electrons. The van der Waals surface area contributed by atoms with Crippen molar-refractivity contribution >= 4 is 48.9 Å². The summed E-state index contributed by atoms with van der Waals surface area (Å²) in [4.78, 5) is 2.44. The van der Waals surface area contributed by atoms with Crippen LogP contribution in [0.2, 0.25) is 5.02 Å². The van der Waals surface area contributed by atoms with Gasteiger partial charge in [-0.25, -0.2) is 13.1 Å². The van der Waals surface area contributed by atoms with Gasteiger partial charge in [0.25, 0.3) is 0 Å². The van der Waals surface area contributed by atoms with Crippen molar-refractivity contribution in [1.82, 2.24) is 9.62 Å². The summed E-state index contributed by atoms with van der Waals surface area (Å²) < 4.78 is 27.8. The van der Waals surface area contributed by atoms with Crippen LogP contribution in [-0.2, 0) is 10.0 Å². The number of halogens is 2. The first kappa shape index (κ1) is 17.7. The molecule has 1 saturated heterocycles. The lowest BCUT2D eigenvalue weighted by atomic mass is 10.0. The molecular weight excluding hydrogens is 396 g/mol. The first-order chi connectivity index (χ1) is 9.90. The monoisotopic (exact) mass is 414 g/mol. The number of nitrogens with one attached hydrogen (secondary N) is 1. The molecule has 0 amide bonds. The lowest BCUT2D eigenvalue weighted by Crippen LogP contribution is -2.39. The molecule has 1 fully saturated rings. The van der Waals surface area contributed by atoms with Crippen molar-refractivity contribution < 1.29 is 8.42 Å². The molecule has 0 spiro atoms. The summed E-state index contributed by atoms with van der Waals surface area (Å²) in [6, 6.07) is 2.09. The number of hydrogen-bond acceptors (Lipinski definition) is 4. The Morgan fingerprint density at radius 3 is 2.90 bits per heavy atom. The Morgan fingerprint density at radius 1 is 1.52 bits per heavy atom. The minimum atomic E-state index is -3.44. The average molecular weight is 416 g/mol. The van der Waals surface area contributed by atoms with Crippen LogP contribution in [0.15, 0.2) is 14.1 Å². The van der Waals surface area contributed by atoms with Crippen molar-refractivity contribution in [3.63, 3.8) is 0 Å². The van der Waals surface area contributed by atoms with E-state index in [-0.39, 0.29) is 4.21 Å². The quantitative estimate of drug-likeness (QED) is 0.721. The number of piperidine rings is 1. The maximum absolute atomic E-state index is 12.1. The summed E-state index contributed by atoms with van der Waals surface area (Å²) in [6.45, 7) is 4.77. The van der Waals surface area contributed by atoms with Gasteiger partial charge >= 0.3 is 0 Å². The molecule has 1 unspecified atom stereocenters. The van der Waals surface area contributed by atoms with Crippen LogP contribution in [0.5, 0.6) is 0 Å². The molecule has 1 aliphatic heterocycles. The third kappa shape index (κ3) is 4.91. The Balaban J connectivity index is 1.79. The van der Waals surface area contributed by atoms with Gasteiger partial charge in [0.05, 0.1) is 8.81 Å². The van der Waals surface area contributed by atoms with Crippen molar-refractivity contribution in [1.29, 1.82) is 0 Å². The maximum atomic E-state index is 12.1. The maximum Gasteiger partial charge on any atom is 0.250 e. The predicted octanol–water partition coefficient (Wildman–Crippen LogP) is 3.71. The number of thiophene rings is 1. The van der Waals surface area contributed by atoms with E-state index in [2.05, 4.69) is 32.5 Å². The zero-order valence-electron chi connectivity index (χ0n) is 11.9. The summed E-state index contributed by atoms with van der Waals surface area (Å²) in [5.41, 5.74) is 0. The second-order valence-electron chi connectivity index (χ2n) is 5.32. The van der Waals surface area contributed by atoms with Crippen molar-refractivity contribution in [2.75, 3.05) is 19.6 Å². The summed E-state index contributed by atoms with van der Waals surface area (Å²) in [6.07, 6.45) is 4.62. The Hall–Kier alpha value is 0.340. The van der Waals surface area contributed by atoms with E-state index in [0.29, 0.717) is 21.4 Å². The second kappa shape index (κ2) is 7.75. The first-order valence-electron chi connectivity index (χ1n) is 7.08. The number of sulfonamides is 1. The molecule has 1 aliphatic rings. The number of rotatable bonds is 6. The number of likely N-dealkylation sites (tertiary alicyclic amines) is 1. The lowest BCUT2D eigenvalue weighted by Gasteiger charge is -2.33.